The molecule has 1 radical (unpaired) electrons. The van der Waals surface area contributed by atoms with Crippen LogP contribution in [-0.4, -0.2) is 14.0 Å². The average molecular weight is 189 g/mol. The topological polar surface area (TPSA) is 18.5 Å². The van der Waals surface area contributed by atoms with Crippen molar-refractivity contribution in [2.45, 2.75) is 6.36 Å². The Morgan fingerprint density at radius 2 is 1.69 bits per heavy atom. The summed E-state index contributed by atoms with van der Waals surface area (Å²) in [5, 5.41) is 0. The van der Waals surface area contributed by atoms with E-state index in [0.717, 1.165) is 0 Å². The van der Waals surface area contributed by atoms with Gasteiger partial charge in [-0.25, -0.2) is 0 Å². The maximum Gasteiger partial charge on any atom is 0.578 e. The monoisotopic (exact) mass is 189 g/mol. The summed E-state index contributed by atoms with van der Waals surface area (Å²) in [7, 11) is 0.245. The van der Waals surface area contributed by atoms with Crippen molar-refractivity contribution in [1.29, 1.82) is 0 Å². The van der Waals surface area contributed by atoms with E-state index in [9.17, 15) is 13.2 Å². The molecule has 0 saturated heterocycles. The van der Waals surface area contributed by atoms with Gasteiger partial charge >= 0.3 is 14.0 Å². The molecule has 0 amide bonds. The number of rotatable bonds is 3. The molecule has 0 heterocycles. The van der Waals surface area contributed by atoms with Crippen LogP contribution in [0.4, 0.5) is 13.2 Å². The van der Waals surface area contributed by atoms with E-state index in [4.69, 9.17) is 0 Å². The first-order chi connectivity index (χ1) is 6.08. The van der Waals surface area contributed by atoms with Crippen molar-refractivity contribution in [3.8, 4) is 5.75 Å². The smallest absolute Gasteiger partial charge is 0.537 e. The highest BCUT2D eigenvalue weighted by Gasteiger charge is 2.30. The lowest BCUT2D eigenvalue weighted by molar-refractivity contribution is -0.279. The molecular formula is C7H5BF3O2. The van der Waals surface area contributed by atoms with E-state index >= 15 is 0 Å². The van der Waals surface area contributed by atoms with Crippen LogP contribution >= 0.6 is 0 Å². The highest BCUT2D eigenvalue weighted by molar-refractivity contribution is 6.19. The van der Waals surface area contributed by atoms with Crippen molar-refractivity contribution in [2.75, 3.05) is 0 Å². The molecule has 69 valence electrons. The van der Waals surface area contributed by atoms with E-state index in [2.05, 4.69) is 9.31 Å². The van der Waals surface area contributed by atoms with Crippen molar-refractivity contribution < 1.29 is 22.5 Å². The summed E-state index contributed by atoms with van der Waals surface area (Å²) < 4.78 is 42.1. The Labute approximate surface area is 73.6 Å². The molecule has 1 aromatic rings. The van der Waals surface area contributed by atoms with Gasteiger partial charge in [-0.3, -0.25) is 0 Å². The van der Waals surface area contributed by atoms with Crippen LogP contribution < -0.4 is 4.65 Å². The minimum Gasteiger partial charge on any atom is -0.537 e. The Kier molecular flexibility index (Phi) is 3.19. The van der Waals surface area contributed by atoms with Gasteiger partial charge in [-0.2, -0.15) is 0 Å². The molecule has 1 aromatic carbocycles. The van der Waals surface area contributed by atoms with Crippen molar-refractivity contribution in [3.05, 3.63) is 30.3 Å². The number of hydrogen-bond acceptors (Lipinski definition) is 2. The molecule has 0 aliphatic heterocycles. The second kappa shape index (κ2) is 4.18. The van der Waals surface area contributed by atoms with E-state index in [-0.39, 0.29) is 13.4 Å². The highest BCUT2D eigenvalue weighted by Crippen LogP contribution is 2.16. The molecule has 0 unspecified atom stereocenters. The molecular weight excluding hydrogens is 184 g/mol. The first kappa shape index (κ1) is 9.92. The number of hydrogen-bond donors (Lipinski definition) is 0. The minimum absolute atomic E-state index is 0.245. The Morgan fingerprint density at radius 3 is 2.23 bits per heavy atom. The molecule has 0 aliphatic carbocycles. The first-order valence-corrected chi connectivity index (χ1v) is 3.36. The second-order valence-corrected chi connectivity index (χ2v) is 2.09. The predicted octanol–water partition coefficient (Wildman–Crippen LogP) is 2.14. The third kappa shape index (κ3) is 4.42. The molecule has 0 fully saturated rings. The largest absolute Gasteiger partial charge is 0.578 e. The average Bonchev–Trinajstić information content (AvgIpc) is 2.04. The lowest BCUT2D eigenvalue weighted by Crippen LogP contribution is -2.20. The molecule has 13 heavy (non-hydrogen) atoms. The summed E-state index contributed by atoms with van der Waals surface area (Å²) in [6.45, 7) is 0. The number of halogens is 3. The maximum absolute atomic E-state index is 11.4. The molecule has 0 aromatic heterocycles. The van der Waals surface area contributed by atoms with Gasteiger partial charge in [-0.05, 0) is 12.1 Å². The summed E-state index contributed by atoms with van der Waals surface area (Å²) in [5.41, 5.74) is 0. The van der Waals surface area contributed by atoms with Gasteiger partial charge in [0.1, 0.15) is 0 Å². The van der Waals surface area contributed by atoms with Crippen LogP contribution in [0.3, 0.4) is 0 Å². The number of benzene rings is 1. The second-order valence-electron chi connectivity index (χ2n) is 2.09. The lowest BCUT2D eigenvalue weighted by Gasteiger charge is -2.06. The maximum atomic E-state index is 11.4. The highest BCUT2D eigenvalue weighted by atomic mass is 19.4. The Hall–Kier alpha value is -1.17. The quantitative estimate of drug-likeness (QED) is 0.678. The summed E-state index contributed by atoms with van der Waals surface area (Å²) in [4.78, 5) is 0. The van der Waals surface area contributed by atoms with Gasteiger partial charge in [-0.15, -0.1) is 13.2 Å². The summed E-state index contributed by atoms with van der Waals surface area (Å²) in [6, 6.07) is 8.01. The van der Waals surface area contributed by atoms with Crippen LogP contribution in [0.1, 0.15) is 0 Å². The van der Waals surface area contributed by atoms with E-state index in [0.29, 0.717) is 0 Å². The fraction of sp³-hybridized carbons (Fsp3) is 0.143. The van der Waals surface area contributed by atoms with E-state index < -0.39 is 6.36 Å². The number of para-hydroxylation sites is 1. The Balaban J connectivity index is 2.29. The van der Waals surface area contributed by atoms with E-state index in [1.165, 1.54) is 12.1 Å². The van der Waals surface area contributed by atoms with Gasteiger partial charge in [0.2, 0.25) is 0 Å². The molecule has 0 bridgehead atoms. The van der Waals surface area contributed by atoms with Crippen molar-refractivity contribution >= 4 is 7.69 Å². The van der Waals surface area contributed by atoms with Crippen LogP contribution in [0.5, 0.6) is 5.75 Å². The van der Waals surface area contributed by atoms with Gasteiger partial charge in [0.25, 0.3) is 0 Å². The first-order valence-electron chi connectivity index (χ1n) is 3.36. The molecule has 0 atom stereocenters. The van der Waals surface area contributed by atoms with E-state index in [1.807, 2.05) is 0 Å². The minimum atomic E-state index is -4.70. The fourth-order valence-electron chi connectivity index (χ4n) is 0.633. The van der Waals surface area contributed by atoms with Gasteiger partial charge in [0.15, 0.2) is 0 Å². The SMILES string of the molecule is FC(F)(F)O[B]Oc1ccccc1. The third-order valence-corrected chi connectivity index (χ3v) is 1.11. The van der Waals surface area contributed by atoms with Crippen LogP contribution in [0.2, 0.25) is 0 Å². The van der Waals surface area contributed by atoms with Gasteiger partial charge < -0.3 is 9.31 Å². The van der Waals surface area contributed by atoms with Crippen LogP contribution in [0.15, 0.2) is 30.3 Å². The third-order valence-electron chi connectivity index (χ3n) is 1.11. The van der Waals surface area contributed by atoms with Crippen LogP contribution in [-0.2, 0) is 4.65 Å². The van der Waals surface area contributed by atoms with Gasteiger partial charge in [0.05, 0.1) is 5.75 Å². The molecule has 0 saturated carbocycles. The molecule has 0 aliphatic rings. The predicted molar refractivity (Wildman–Crippen MR) is 40.0 cm³/mol. The van der Waals surface area contributed by atoms with Crippen molar-refractivity contribution in [3.63, 3.8) is 0 Å². The van der Waals surface area contributed by atoms with E-state index in [1.54, 1.807) is 18.2 Å². The standard InChI is InChI=1S/C7H5BF3O2/c9-7(10,11)13-8-12-6-4-2-1-3-5-6/h1-5H. The lowest BCUT2D eigenvalue weighted by atomic mass is 10.3. The zero-order valence-electron chi connectivity index (χ0n) is 6.41. The molecule has 1 rings (SSSR count). The fourth-order valence-corrected chi connectivity index (χ4v) is 0.633. The summed E-state index contributed by atoms with van der Waals surface area (Å²) in [5.74, 6) is 0.284. The van der Waals surface area contributed by atoms with Gasteiger partial charge in [-0.1, -0.05) is 18.2 Å². The van der Waals surface area contributed by atoms with Crippen molar-refractivity contribution in [2.24, 2.45) is 0 Å². The Morgan fingerprint density at radius 1 is 1.08 bits per heavy atom. The summed E-state index contributed by atoms with van der Waals surface area (Å²) in [6.07, 6.45) is -4.70. The van der Waals surface area contributed by atoms with Crippen LogP contribution in [0.25, 0.3) is 0 Å². The zero-order valence-corrected chi connectivity index (χ0v) is 6.41. The number of alkyl halides is 3. The molecule has 0 spiro atoms. The molecule has 6 heteroatoms. The molecule has 0 N–H and O–H groups in total. The van der Waals surface area contributed by atoms with Gasteiger partial charge in [0, 0.05) is 0 Å². The normalized spacial score (nSPS) is 11.0. The zero-order chi connectivity index (χ0) is 9.73. The Bertz CT molecular complexity index is 250. The molecule has 2 nitrogen and oxygen atoms in total. The van der Waals surface area contributed by atoms with Crippen molar-refractivity contribution in [1.82, 2.24) is 0 Å². The van der Waals surface area contributed by atoms with Crippen LogP contribution in [0, 0.1) is 0 Å². The summed E-state index contributed by atoms with van der Waals surface area (Å²) >= 11 is 0.